The Morgan fingerprint density at radius 3 is 2.47 bits per heavy atom. The monoisotopic (exact) mass is 808 g/mol. The molecular weight excluding hydrogens is 758 g/mol. The van der Waals surface area contributed by atoms with Crippen LogP contribution in [-0.2, 0) is 31.9 Å². The fraction of sp³-hybridized carbons (Fsp3) is 0.432. The third-order valence-electron chi connectivity index (χ3n) is 12.0. The average Bonchev–Trinajstić information content (AvgIpc) is 3.56. The molecule has 2 aromatic carbocycles. The number of methoxy groups -OCH3 is 1. The second-order valence-electron chi connectivity index (χ2n) is 17.3. The number of amides is 2. The minimum absolute atomic E-state index is 0.0255. The maximum absolute atomic E-state index is 16.2. The summed E-state index contributed by atoms with van der Waals surface area (Å²) in [6, 6.07) is 14.8. The molecule has 2 amide bonds. The number of esters is 1. The van der Waals surface area contributed by atoms with Crippen LogP contribution in [0.25, 0.3) is 0 Å². The Hall–Kier alpha value is -5.54. The van der Waals surface area contributed by atoms with Gasteiger partial charge in [-0.05, 0) is 81.4 Å². The summed E-state index contributed by atoms with van der Waals surface area (Å²) in [5.74, 6) is -3.32. The number of hydrogen-bond acceptors (Lipinski definition) is 10. The van der Waals surface area contributed by atoms with Crippen molar-refractivity contribution in [1.82, 2.24) is 20.6 Å². The Morgan fingerprint density at radius 1 is 1.03 bits per heavy atom. The van der Waals surface area contributed by atoms with Gasteiger partial charge in [-0.15, -0.1) is 0 Å². The maximum Gasteiger partial charge on any atom is 0.482 e. The van der Waals surface area contributed by atoms with Gasteiger partial charge >= 0.3 is 13.1 Å². The van der Waals surface area contributed by atoms with Crippen molar-refractivity contribution in [3.05, 3.63) is 123 Å². The summed E-state index contributed by atoms with van der Waals surface area (Å²) in [7, 11) is 0.436. The van der Waals surface area contributed by atoms with Gasteiger partial charge in [-0.2, -0.15) is 0 Å². The van der Waals surface area contributed by atoms with Crippen molar-refractivity contribution in [2.24, 2.45) is 17.3 Å². The molecule has 2 aromatic heterocycles. The lowest BCUT2D eigenvalue weighted by molar-refractivity contribution is -0.199. The number of aromatic nitrogens is 2. The number of halogens is 1. The largest absolute Gasteiger partial charge is 0.496 e. The molecule has 15 heteroatoms. The van der Waals surface area contributed by atoms with Crippen molar-refractivity contribution in [1.29, 1.82) is 0 Å². The first kappa shape index (κ1) is 41.6. The van der Waals surface area contributed by atoms with Crippen LogP contribution in [0, 0.1) is 23.1 Å². The van der Waals surface area contributed by atoms with E-state index in [0.29, 0.717) is 11.5 Å². The Morgan fingerprint density at radius 2 is 1.80 bits per heavy atom. The van der Waals surface area contributed by atoms with Crippen LogP contribution < -0.4 is 25.5 Å². The summed E-state index contributed by atoms with van der Waals surface area (Å²) in [5.41, 5.74) is -1.20. The Balaban J connectivity index is 1.23. The standard InChI is InChI=1S/C44H50BFN4O9/c1-42(2,3)57-41(54)29-15-11-14-26(38(29)55-7)18-35(45-58-34-20-27-19-33(43(27,4)5)44(34,6)59-45)49-40(53)37(50-39(52)30-23-47-17-16-32(30)51)36-31(46)21-28(22-48-36)56-24-25-12-9-8-10-13-25/h8-17,21-23,27,33-35,37H,18-20,24H2,1-7H3,(H,47,51)(H,49,53)(H,50,52)/t27-,33-,34?,35-,37?,44-/m0/s1. The van der Waals surface area contributed by atoms with Crippen molar-refractivity contribution in [3.63, 3.8) is 0 Å². The number of rotatable bonds is 13. The van der Waals surface area contributed by atoms with E-state index in [-0.39, 0.29) is 53.1 Å². The summed E-state index contributed by atoms with van der Waals surface area (Å²) >= 11 is 0. The summed E-state index contributed by atoms with van der Waals surface area (Å²) in [5, 5.41) is 5.52. The molecule has 3 saturated carbocycles. The highest BCUT2D eigenvalue weighted by Crippen LogP contribution is 2.65. The molecule has 3 N–H and O–H groups in total. The van der Waals surface area contributed by atoms with Crippen molar-refractivity contribution in [3.8, 4) is 11.5 Å². The van der Waals surface area contributed by atoms with Gasteiger partial charge in [0.05, 0.1) is 31.0 Å². The number of para-hydroxylation sites is 1. The van der Waals surface area contributed by atoms with Gasteiger partial charge in [-0.1, -0.05) is 56.3 Å². The molecule has 2 unspecified atom stereocenters. The second kappa shape index (κ2) is 16.3. The Bertz CT molecular complexity index is 2280. The van der Waals surface area contributed by atoms with E-state index in [2.05, 4.69) is 34.4 Å². The van der Waals surface area contributed by atoms with Crippen LogP contribution in [0.2, 0.25) is 0 Å². The third-order valence-corrected chi connectivity index (χ3v) is 12.0. The molecule has 3 aliphatic carbocycles. The third kappa shape index (κ3) is 8.49. The number of pyridine rings is 2. The molecule has 59 heavy (non-hydrogen) atoms. The number of benzene rings is 2. The molecule has 8 rings (SSSR count). The van der Waals surface area contributed by atoms with E-state index in [1.54, 1.807) is 39.0 Å². The number of nitrogens with zero attached hydrogens (tertiary/aromatic N) is 1. The smallest absolute Gasteiger partial charge is 0.482 e. The van der Waals surface area contributed by atoms with Crippen LogP contribution in [0.1, 0.15) is 98.0 Å². The molecule has 1 saturated heterocycles. The summed E-state index contributed by atoms with van der Waals surface area (Å²) in [6.07, 6.45) is 5.34. The van der Waals surface area contributed by atoms with Crippen LogP contribution in [0.3, 0.4) is 0 Å². The average molecular weight is 809 g/mol. The van der Waals surface area contributed by atoms with Crippen molar-refractivity contribution in [2.75, 3.05) is 7.11 Å². The van der Waals surface area contributed by atoms with E-state index >= 15 is 4.39 Å². The first-order valence-corrected chi connectivity index (χ1v) is 19.8. The van der Waals surface area contributed by atoms with Gasteiger partial charge in [-0.3, -0.25) is 19.4 Å². The molecule has 13 nitrogen and oxygen atoms in total. The lowest BCUT2D eigenvalue weighted by atomic mass is 9.43. The van der Waals surface area contributed by atoms with E-state index in [4.69, 9.17) is 23.5 Å². The number of hydrogen-bond donors (Lipinski definition) is 3. The van der Waals surface area contributed by atoms with Gasteiger partial charge in [0.2, 0.25) is 5.91 Å². The fourth-order valence-electron chi connectivity index (χ4n) is 8.79. The first-order valence-electron chi connectivity index (χ1n) is 19.8. The number of ether oxygens (including phenoxy) is 3. The lowest BCUT2D eigenvalue weighted by Crippen LogP contribution is -2.65. The van der Waals surface area contributed by atoms with E-state index in [9.17, 15) is 19.2 Å². The van der Waals surface area contributed by atoms with Gasteiger partial charge < -0.3 is 39.1 Å². The molecule has 1 aliphatic heterocycles. The molecular formula is C44H50BFN4O9. The highest BCUT2D eigenvalue weighted by atomic mass is 19.1. The Kier molecular flexibility index (Phi) is 11.5. The predicted octanol–water partition coefficient (Wildman–Crippen LogP) is 5.92. The molecule has 0 spiro atoms. The van der Waals surface area contributed by atoms with Crippen molar-refractivity contribution >= 4 is 24.9 Å². The molecule has 4 fully saturated rings. The van der Waals surface area contributed by atoms with E-state index in [1.807, 2.05) is 37.3 Å². The SMILES string of the molecule is COc1c(C[C@H](NC(=O)C(NC(=O)c2c[nH]ccc2=O)c2ncc(OCc3ccccc3)cc2F)B2OC3C[C@@H]4C[C@@H](C4(C)C)[C@]3(C)O2)cccc1C(=O)OC(C)(C)C. The minimum atomic E-state index is -1.74. The molecule has 6 atom stereocenters. The van der Waals surface area contributed by atoms with E-state index in [1.165, 1.54) is 25.7 Å². The highest BCUT2D eigenvalue weighted by Gasteiger charge is 2.68. The molecule has 0 radical (unpaired) electrons. The zero-order valence-corrected chi connectivity index (χ0v) is 34.3. The van der Waals surface area contributed by atoms with Gasteiger partial charge in [0.15, 0.2) is 17.3 Å². The number of nitrogens with one attached hydrogen (secondary N) is 3. The zero-order valence-electron chi connectivity index (χ0n) is 34.3. The van der Waals surface area contributed by atoms with Gasteiger partial charge in [0.1, 0.15) is 40.5 Å². The number of H-pyrrole nitrogens is 1. The highest BCUT2D eigenvalue weighted by molar-refractivity contribution is 6.48. The van der Waals surface area contributed by atoms with E-state index in [0.717, 1.165) is 30.5 Å². The Labute approximate surface area is 342 Å². The number of carbonyl (C=O) groups excluding carboxylic acids is 3. The van der Waals surface area contributed by atoms with Gasteiger partial charge in [0.25, 0.3) is 5.91 Å². The molecule has 3 heterocycles. The lowest BCUT2D eigenvalue weighted by Gasteiger charge is -2.64. The maximum atomic E-state index is 16.2. The topological polar surface area (TPSA) is 167 Å². The van der Waals surface area contributed by atoms with Crippen molar-refractivity contribution < 1.29 is 42.3 Å². The van der Waals surface area contributed by atoms with Gasteiger partial charge in [0, 0.05) is 24.5 Å². The summed E-state index contributed by atoms with van der Waals surface area (Å²) in [6.45, 7) is 11.9. The quantitative estimate of drug-likeness (QED) is 0.109. The first-order chi connectivity index (χ1) is 28.0. The minimum Gasteiger partial charge on any atom is -0.496 e. The van der Waals surface area contributed by atoms with Crippen LogP contribution in [0.15, 0.2) is 84.0 Å². The van der Waals surface area contributed by atoms with Crippen LogP contribution in [0.4, 0.5) is 4.39 Å². The molecule has 2 bridgehead atoms. The molecule has 310 valence electrons. The van der Waals surface area contributed by atoms with Crippen molar-refractivity contribution in [2.45, 2.75) is 96.7 Å². The second-order valence-corrected chi connectivity index (χ2v) is 17.3. The van der Waals surface area contributed by atoms with Crippen LogP contribution in [-0.4, -0.2) is 65.2 Å². The normalized spacial score (nSPS) is 22.6. The van der Waals surface area contributed by atoms with E-state index < -0.39 is 65.0 Å². The molecule has 4 aromatic rings. The number of carbonyl (C=O) groups is 3. The molecule has 4 aliphatic rings. The fourth-order valence-corrected chi connectivity index (χ4v) is 8.79. The summed E-state index contributed by atoms with van der Waals surface area (Å²) < 4.78 is 46.9. The number of aromatic amines is 1. The predicted molar refractivity (Wildman–Crippen MR) is 216 cm³/mol. The van der Waals surface area contributed by atoms with Gasteiger partial charge in [-0.25, -0.2) is 9.18 Å². The van der Waals surface area contributed by atoms with Crippen LogP contribution in [0.5, 0.6) is 11.5 Å². The van der Waals surface area contributed by atoms with Crippen LogP contribution >= 0.6 is 0 Å². The zero-order chi connectivity index (χ0) is 42.3. The summed E-state index contributed by atoms with van der Waals surface area (Å²) in [4.78, 5) is 61.3.